The van der Waals surface area contributed by atoms with E-state index in [-0.39, 0.29) is 5.91 Å². The zero-order chi connectivity index (χ0) is 17.6. The minimum absolute atomic E-state index is 0.282. The smallest absolute Gasteiger partial charge is 0.258 e. The van der Waals surface area contributed by atoms with Crippen LogP contribution in [0.25, 0.3) is 0 Å². The fourth-order valence-corrected chi connectivity index (χ4v) is 2.47. The Labute approximate surface area is 150 Å². The Bertz CT molecular complexity index is 862. The molecule has 0 aliphatic carbocycles. The van der Waals surface area contributed by atoms with Crippen LogP contribution in [0.2, 0.25) is 5.15 Å². The van der Waals surface area contributed by atoms with Gasteiger partial charge in [0.05, 0.1) is 12.7 Å². The van der Waals surface area contributed by atoms with Crippen LogP contribution in [0.4, 0.5) is 5.82 Å². The van der Waals surface area contributed by atoms with E-state index in [0.29, 0.717) is 16.5 Å². The largest absolute Gasteiger partial charge is 0.497 e. The van der Waals surface area contributed by atoms with Gasteiger partial charge in [0.15, 0.2) is 5.82 Å². The number of anilines is 1. The third-order valence-electron chi connectivity index (χ3n) is 3.68. The quantitative estimate of drug-likeness (QED) is 0.662. The molecule has 3 rings (SSSR count). The lowest BCUT2D eigenvalue weighted by Crippen LogP contribution is -2.12. The van der Waals surface area contributed by atoms with E-state index in [1.165, 1.54) is 11.8 Å². The van der Waals surface area contributed by atoms with Crippen LogP contribution < -0.4 is 10.1 Å². The van der Waals surface area contributed by atoms with Gasteiger partial charge in [-0.2, -0.15) is 5.10 Å². The summed E-state index contributed by atoms with van der Waals surface area (Å²) in [5.41, 5.74) is 2.53. The predicted octanol–water partition coefficient (Wildman–Crippen LogP) is 3.50. The van der Waals surface area contributed by atoms with E-state index in [2.05, 4.69) is 26.6 Å². The summed E-state index contributed by atoms with van der Waals surface area (Å²) in [6, 6.07) is 12.9. The molecule has 0 saturated heterocycles. The van der Waals surface area contributed by atoms with E-state index in [4.69, 9.17) is 16.3 Å². The molecule has 2 heterocycles. The molecule has 0 fully saturated rings. The number of aryl methyl sites for hydroxylation is 2. The SMILES string of the molecule is COc1cccc(CCc2cc(NC(=O)c3ccc(Cl)nc3)n[nH]2)c1. The Morgan fingerprint density at radius 1 is 1.24 bits per heavy atom. The van der Waals surface area contributed by atoms with Crippen LogP contribution in [-0.4, -0.2) is 28.2 Å². The van der Waals surface area contributed by atoms with Crippen LogP contribution in [0.15, 0.2) is 48.7 Å². The van der Waals surface area contributed by atoms with Crippen molar-refractivity contribution >= 4 is 23.3 Å². The number of H-pyrrole nitrogens is 1. The van der Waals surface area contributed by atoms with Gasteiger partial charge >= 0.3 is 0 Å². The number of hydrogen-bond donors (Lipinski definition) is 2. The number of ether oxygens (including phenoxy) is 1. The Kier molecular flexibility index (Phi) is 5.30. The highest BCUT2D eigenvalue weighted by molar-refractivity contribution is 6.29. The zero-order valence-electron chi connectivity index (χ0n) is 13.6. The van der Waals surface area contributed by atoms with Crippen LogP contribution in [0.3, 0.4) is 0 Å². The number of carbonyl (C=O) groups excluding carboxylic acids is 1. The fourth-order valence-electron chi connectivity index (χ4n) is 2.36. The van der Waals surface area contributed by atoms with E-state index in [0.717, 1.165) is 24.3 Å². The summed E-state index contributed by atoms with van der Waals surface area (Å²) in [5.74, 6) is 1.03. The van der Waals surface area contributed by atoms with Gasteiger partial charge in [0.1, 0.15) is 10.9 Å². The molecular weight excluding hydrogens is 340 g/mol. The molecule has 0 atom stereocenters. The van der Waals surface area contributed by atoms with E-state index in [1.807, 2.05) is 24.3 Å². The molecule has 1 aromatic carbocycles. The van der Waals surface area contributed by atoms with Gasteiger partial charge in [-0.05, 0) is 42.7 Å². The van der Waals surface area contributed by atoms with Gasteiger partial charge in [0.25, 0.3) is 5.91 Å². The molecule has 0 unspecified atom stereocenters. The number of aromatic nitrogens is 3. The lowest BCUT2D eigenvalue weighted by Gasteiger charge is -2.03. The number of nitrogens with one attached hydrogen (secondary N) is 2. The summed E-state index contributed by atoms with van der Waals surface area (Å²) >= 11 is 5.72. The topological polar surface area (TPSA) is 79.9 Å². The van der Waals surface area contributed by atoms with Crippen LogP contribution >= 0.6 is 11.6 Å². The van der Waals surface area contributed by atoms with Gasteiger partial charge < -0.3 is 10.1 Å². The van der Waals surface area contributed by atoms with Gasteiger partial charge in [-0.25, -0.2) is 4.98 Å². The lowest BCUT2D eigenvalue weighted by atomic mass is 10.1. The Hall–Kier alpha value is -2.86. The molecule has 0 bridgehead atoms. The average molecular weight is 357 g/mol. The van der Waals surface area contributed by atoms with Crippen molar-refractivity contribution in [2.45, 2.75) is 12.8 Å². The maximum atomic E-state index is 12.1. The first-order valence-corrected chi connectivity index (χ1v) is 8.12. The number of hydrogen-bond acceptors (Lipinski definition) is 4. The highest BCUT2D eigenvalue weighted by atomic mass is 35.5. The number of amides is 1. The molecular formula is C18H17ClN4O2. The minimum atomic E-state index is -0.282. The summed E-state index contributed by atoms with van der Waals surface area (Å²) in [4.78, 5) is 16.0. The third-order valence-corrected chi connectivity index (χ3v) is 3.90. The number of rotatable bonds is 6. The molecule has 0 radical (unpaired) electrons. The normalized spacial score (nSPS) is 10.5. The predicted molar refractivity (Wildman–Crippen MR) is 96.2 cm³/mol. The highest BCUT2D eigenvalue weighted by Crippen LogP contribution is 2.15. The summed E-state index contributed by atoms with van der Waals surface area (Å²) in [6.07, 6.45) is 3.04. The maximum absolute atomic E-state index is 12.1. The van der Waals surface area contributed by atoms with Crippen molar-refractivity contribution in [2.75, 3.05) is 12.4 Å². The van der Waals surface area contributed by atoms with E-state index >= 15 is 0 Å². The summed E-state index contributed by atoms with van der Waals surface area (Å²) < 4.78 is 5.22. The van der Waals surface area contributed by atoms with Crippen LogP contribution in [0.5, 0.6) is 5.75 Å². The molecule has 128 valence electrons. The minimum Gasteiger partial charge on any atom is -0.497 e. The zero-order valence-corrected chi connectivity index (χ0v) is 14.4. The Balaban J connectivity index is 1.58. The van der Waals surface area contributed by atoms with Gasteiger partial charge in [-0.3, -0.25) is 9.89 Å². The van der Waals surface area contributed by atoms with Crippen molar-refractivity contribution in [2.24, 2.45) is 0 Å². The summed E-state index contributed by atoms with van der Waals surface area (Å²) in [7, 11) is 1.65. The molecule has 2 N–H and O–H groups in total. The van der Waals surface area contributed by atoms with Crippen LogP contribution in [-0.2, 0) is 12.8 Å². The van der Waals surface area contributed by atoms with Crippen molar-refractivity contribution in [3.63, 3.8) is 0 Å². The Morgan fingerprint density at radius 2 is 2.12 bits per heavy atom. The number of pyridine rings is 1. The molecule has 25 heavy (non-hydrogen) atoms. The standard InChI is InChI=1S/C18H17ClN4O2/c1-25-15-4-2-3-12(9-15)5-7-14-10-17(23-22-14)21-18(24)13-6-8-16(19)20-11-13/h2-4,6,8-11H,5,7H2,1H3,(H2,21,22,23,24). The number of aromatic amines is 1. The number of methoxy groups -OCH3 is 1. The average Bonchev–Trinajstić information content (AvgIpc) is 3.08. The number of carbonyl (C=O) groups is 1. The van der Waals surface area contributed by atoms with Crippen molar-refractivity contribution < 1.29 is 9.53 Å². The molecule has 0 aliphatic rings. The second-order valence-electron chi connectivity index (χ2n) is 5.45. The van der Waals surface area contributed by atoms with Crippen molar-refractivity contribution in [3.8, 4) is 5.75 Å². The van der Waals surface area contributed by atoms with Gasteiger partial charge in [0.2, 0.25) is 0 Å². The van der Waals surface area contributed by atoms with Gasteiger partial charge in [-0.15, -0.1) is 0 Å². The highest BCUT2D eigenvalue weighted by Gasteiger charge is 2.09. The molecule has 1 amide bonds. The van der Waals surface area contributed by atoms with Gasteiger partial charge in [-0.1, -0.05) is 23.7 Å². The summed E-state index contributed by atoms with van der Waals surface area (Å²) in [5, 5.41) is 10.1. The first kappa shape index (κ1) is 17.0. The number of halogens is 1. The number of nitrogens with zero attached hydrogens (tertiary/aromatic N) is 2. The first-order valence-electron chi connectivity index (χ1n) is 7.74. The van der Waals surface area contributed by atoms with Crippen molar-refractivity contribution in [3.05, 3.63) is 70.6 Å². The maximum Gasteiger partial charge on any atom is 0.258 e. The summed E-state index contributed by atoms with van der Waals surface area (Å²) in [6.45, 7) is 0. The second kappa shape index (κ2) is 7.81. The lowest BCUT2D eigenvalue weighted by molar-refractivity contribution is 0.102. The monoisotopic (exact) mass is 356 g/mol. The molecule has 7 heteroatoms. The first-order chi connectivity index (χ1) is 12.1. The third kappa shape index (κ3) is 4.58. The van der Waals surface area contributed by atoms with E-state index in [9.17, 15) is 4.79 Å². The molecule has 3 aromatic rings. The van der Waals surface area contributed by atoms with Crippen molar-refractivity contribution in [1.82, 2.24) is 15.2 Å². The molecule has 0 spiro atoms. The fraction of sp³-hybridized carbons (Fsp3) is 0.167. The molecule has 6 nitrogen and oxygen atoms in total. The van der Waals surface area contributed by atoms with Crippen LogP contribution in [0, 0.1) is 0 Å². The van der Waals surface area contributed by atoms with Crippen LogP contribution in [0.1, 0.15) is 21.6 Å². The van der Waals surface area contributed by atoms with Gasteiger partial charge in [0, 0.05) is 18.0 Å². The Morgan fingerprint density at radius 3 is 2.88 bits per heavy atom. The molecule has 0 saturated carbocycles. The molecule has 0 aliphatic heterocycles. The molecule has 2 aromatic heterocycles. The second-order valence-corrected chi connectivity index (χ2v) is 5.84. The van der Waals surface area contributed by atoms with E-state index < -0.39 is 0 Å². The van der Waals surface area contributed by atoms with E-state index in [1.54, 1.807) is 19.2 Å². The van der Waals surface area contributed by atoms with Crippen molar-refractivity contribution in [1.29, 1.82) is 0 Å². The number of benzene rings is 1.